The molecule has 0 saturated heterocycles. The van der Waals surface area contributed by atoms with Crippen LogP contribution in [0.3, 0.4) is 0 Å². The van der Waals surface area contributed by atoms with Crippen LogP contribution in [0.4, 0.5) is 0 Å². The van der Waals surface area contributed by atoms with Crippen molar-refractivity contribution in [1.29, 1.82) is 0 Å². The standard InChI is InChI=1S/C8H19N3O/c1-7(2)5-11(9)8(12)6-10(3)4/h7H,5-6,9H2,1-4H3. The number of hydrazine groups is 1. The van der Waals surface area contributed by atoms with Crippen LogP contribution in [0, 0.1) is 5.92 Å². The molecule has 0 bridgehead atoms. The summed E-state index contributed by atoms with van der Waals surface area (Å²) in [6, 6.07) is 0. The molecule has 0 rings (SSSR count). The van der Waals surface area contributed by atoms with Crippen molar-refractivity contribution in [3.63, 3.8) is 0 Å². The van der Waals surface area contributed by atoms with Gasteiger partial charge in [-0.25, -0.2) is 5.84 Å². The minimum atomic E-state index is -0.0336. The Labute approximate surface area is 74.3 Å². The van der Waals surface area contributed by atoms with Crippen LogP contribution in [0.15, 0.2) is 0 Å². The highest BCUT2D eigenvalue weighted by Crippen LogP contribution is 1.94. The maximum absolute atomic E-state index is 11.2. The van der Waals surface area contributed by atoms with Gasteiger partial charge in [-0.05, 0) is 20.0 Å². The molecule has 0 aromatic carbocycles. The molecule has 0 heterocycles. The van der Waals surface area contributed by atoms with Crippen LogP contribution in [0.5, 0.6) is 0 Å². The first-order chi connectivity index (χ1) is 5.43. The Bertz CT molecular complexity index is 145. The first kappa shape index (κ1) is 11.4. The lowest BCUT2D eigenvalue weighted by Gasteiger charge is -2.20. The fourth-order valence-electron chi connectivity index (χ4n) is 0.857. The van der Waals surface area contributed by atoms with Crippen LogP contribution in [0.25, 0.3) is 0 Å². The third kappa shape index (κ3) is 5.09. The van der Waals surface area contributed by atoms with Crippen molar-refractivity contribution in [3.05, 3.63) is 0 Å². The molecule has 0 atom stereocenters. The predicted molar refractivity (Wildman–Crippen MR) is 49.3 cm³/mol. The molecule has 1 amide bonds. The summed E-state index contributed by atoms with van der Waals surface area (Å²) in [4.78, 5) is 13.1. The van der Waals surface area contributed by atoms with Gasteiger partial charge in [-0.1, -0.05) is 13.8 Å². The number of nitrogens with two attached hydrogens (primary N) is 1. The third-order valence-corrected chi connectivity index (χ3v) is 1.33. The molecule has 4 nitrogen and oxygen atoms in total. The molecule has 0 fully saturated rings. The number of hydrogen-bond acceptors (Lipinski definition) is 3. The summed E-state index contributed by atoms with van der Waals surface area (Å²) in [5.74, 6) is 5.91. The van der Waals surface area contributed by atoms with Crippen LogP contribution in [0.2, 0.25) is 0 Å². The van der Waals surface area contributed by atoms with Gasteiger partial charge in [-0.2, -0.15) is 0 Å². The minimum absolute atomic E-state index is 0.0336. The van der Waals surface area contributed by atoms with Crippen molar-refractivity contribution in [2.75, 3.05) is 27.2 Å². The average molecular weight is 173 g/mol. The molecular weight excluding hydrogens is 154 g/mol. The number of carbonyl (C=O) groups is 1. The van der Waals surface area contributed by atoms with Crippen molar-refractivity contribution in [2.24, 2.45) is 11.8 Å². The van der Waals surface area contributed by atoms with E-state index in [0.29, 0.717) is 19.0 Å². The van der Waals surface area contributed by atoms with Crippen LogP contribution >= 0.6 is 0 Å². The van der Waals surface area contributed by atoms with Crippen LogP contribution in [-0.4, -0.2) is 43.0 Å². The molecule has 0 aliphatic carbocycles. The van der Waals surface area contributed by atoms with Crippen molar-refractivity contribution < 1.29 is 4.79 Å². The van der Waals surface area contributed by atoms with Gasteiger partial charge in [0.05, 0.1) is 6.54 Å². The lowest BCUT2D eigenvalue weighted by atomic mass is 10.2. The molecule has 72 valence electrons. The van der Waals surface area contributed by atoms with E-state index in [1.165, 1.54) is 5.01 Å². The second-order valence-electron chi connectivity index (χ2n) is 3.68. The molecule has 0 aliphatic heterocycles. The van der Waals surface area contributed by atoms with Gasteiger partial charge in [-0.3, -0.25) is 9.80 Å². The number of nitrogens with zero attached hydrogens (tertiary/aromatic N) is 2. The molecule has 0 unspecified atom stereocenters. The molecule has 0 saturated carbocycles. The van der Waals surface area contributed by atoms with Gasteiger partial charge in [0.15, 0.2) is 0 Å². The van der Waals surface area contributed by atoms with Gasteiger partial charge in [-0.15, -0.1) is 0 Å². The number of rotatable bonds is 4. The molecule has 0 aromatic rings. The predicted octanol–water partition coefficient (Wildman–Crippen LogP) is -0.0937. The molecule has 0 radical (unpaired) electrons. The first-order valence-electron chi connectivity index (χ1n) is 4.13. The molecule has 12 heavy (non-hydrogen) atoms. The first-order valence-corrected chi connectivity index (χ1v) is 4.13. The smallest absolute Gasteiger partial charge is 0.250 e. The van der Waals surface area contributed by atoms with Gasteiger partial charge in [0.2, 0.25) is 0 Å². The topological polar surface area (TPSA) is 49.6 Å². The summed E-state index contributed by atoms with van der Waals surface area (Å²) in [5, 5.41) is 1.28. The largest absolute Gasteiger partial charge is 0.301 e. The quantitative estimate of drug-likeness (QED) is 0.367. The Morgan fingerprint density at radius 3 is 2.25 bits per heavy atom. The van der Waals surface area contributed by atoms with E-state index < -0.39 is 0 Å². The third-order valence-electron chi connectivity index (χ3n) is 1.33. The zero-order chi connectivity index (χ0) is 9.72. The normalized spacial score (nSPS) is 10.9. The summed E-state index contributed by atoms with van der Waals surface area (Å²) < 4.78 is 0. The summed E-state index contributed by atoms with van der Waals surface area (Å²) in [5.41, 5.74) is 0. The summed E-state index contributed by atoms with van der Waals surface area (Å²) in [6.45, 7) is 5.06. The van der Waals surface area contributed by atoms with Crippen molar-refractivity contribution in [3.8, 4) is 0 Å². The van der Waals surface area contributed by atoms with E-state index in [1.54, 1.807) is 0 Å². The van der Waals surface area contributed by atoms with Crippen LogP contribution in [0.1, 0.15) is 13.8 Å². The van der Waals surface area contributed by atoms with Crippen molar-refractivity contribution >= 4 is 5.91 Å². The molecule has 4 heteroatoms. The molecule has 0 aromatic heterocycles. The highest BCUT2D eigenvalue weighted by Gasteiger charge is 2.10. The monoisotopic (exact) mass is 173 g/mol. The summed E-state index contributed by atoms with van der Waals surface area (Å²) in [6.07, 6.45) is 0. The zero-order valence-electron chi connectivity index (χ0n) is 8.37. The fourth-order valence-corrected chi connectivity index (χ4v) is 0.857. The van der Waals surface area contributed by atoms with Crippen molar-refractivity contribution in [1.82, 2.24) is 9.91 Å². The summed E-state index contributed by atoms with van der Waals surface area (Å²) in [7, 11) is 3.70. The van der Waals surface area contributed by atoms with E-state index in [4.69, 9.17) is 5.84 Å². The Morgan fingerprint density at radius 1 is 1.42 bits per heavy atom. The van der Waals surface area contributed by atoms with Crippen molar-refractivity contribution in [2.45, 2.75) is 13.8 Å². The second-order valence-corrected chi connectivity index (χ2v) is 3.68. The number of amides is 1. The molecule has 2 N–H and O–H groups in total. The van der Waals surface area contributed by atoms with E-state index in [-0.39, 0.29) is 5.91 Å². The van der Waals surface area contributed by atoms with E-state index in [9.17, 15) is 4.79 Å². The second kappa shape index (κ2) is 5.11. The van der Waals surface area contributed by atoms with Gasteiger partial charge >= 0.3 is 0 Å². The van der Waals surface area contributed by atoms with Crippen LogP contribution < -0.4 is 5.84 Å². The van der Waals surface area contributed by atoms with Gasteiger partial charge < -0.3 is 4.90 Å². The number of likely N-dealkylation sites (N-methyl/N-ethyl adjacent to an activating group) is 1. The Morgan fingerprint density at radius 2 is 1.92 bits per heavy atom. The van der Waals surface area contributed by atoms with Gasteiger partial charge in [0.1, 0.15) is 0 Å². The van der Waals surface area contributed by atoms with Crippen LogP contribution in [-0.2, 0) is 4.79 Å². The molecule has 0 aliphatic rings. The van der Waals surface area contributed by atoms with E-state index in [1.807, 2.05) is 32.8 Å². The lowest BCUT2D eigenvalue weighted by molar-refractivity contribution is -0.132. The number of hydrogen-bond donors (Lipinski definition) is 1. The van der Waals surface area contributed by atoms with Gasteiger partial charge in [0, 0.05) is 6.54 Å². The maximum atomic E-state index is 11.2. The zero-order valence-corrected chi connectivity index (χ0v) is 8.37. The minimum Gasteiger partial charge on any atom is -0.301 e. The average Bonchev–Trinajstić information content (AvgIpc) is 1.84. The van der Waals surface area contributed by atoms with E-state index >= 15 is 0 Å². The lowest BCUT2D eigenvalue weighted by Crippen LogP contribution is -2.44. The molecular formula is C8H19N3O. The highest BCUT2D eigenvalue weighted by molar-refractivity contribution is 5.77. The Kier molecular flexibility index (Phi) is 4.85. The number of carbonyl (C=O) groups excluding carboxylic acids is 1. The summed E-state index contributed by atoms with van der Waals surface area (Å²) >= 11 is 0. The highest BCUT2D eigenvalue weighted by atomic mass is 16.2. The fraction of sp³-hybridized carbons (Fsp3) is 0.875. The SMILES string of the molecule is CC(C)CN(N)C(=O)CN(C)C. The molecule has 0 spiro atoms. The Hall–Kier alpha value is -0.610. The maximum Gasteiger partial charge on any atom is 0.250 e. The van der Waals surface area contributed by atoms with E-state index in [2.05, 4.69) is 0 Å². The van der Waals surface area contributed by atoms with Gasteiger partial charge in [0.25, 0.3) is 5.91 Å². The van der Waals surface area contributed by atoms with E-state index in [0.717, 1.165) is 0 Å². The Balaban J connectivity index is 3.77.